The summed E-state index contributed by atoms with van der Waals surface area (Å²) in [4.78, 5) is 26.0. The first-order chi connectivity index (χ1) is 15.6. The maximum absolute atomic E-state index is 13.0. The minimum atomic E-state index is -0.294. The van der Waals surface area contributed by atoms with Crippen LogP contribution >= 0.6 is 0 Å². The van der Waals surface area contributed by atoms with Crippen molar-refractivity contribution < 1.29 is 14.3 Å². The normalized spacial score (nSPS) is 17.4. The Kier molecular flexibility index (Phi) is 5.23. The highest BCUT2D eigenvalue weighted by Gasteiger charge is 2.32. The summed E-state index contributed by atoms with van der Waals surface area (Å²) >= 11 is 0. The van der Waals surface area contributed by atoms with E-state index in [1.54, 1.807) is 7.11 Å². The summed E-state index contributed by atoms with van der Waals surface area (Å²) in [6.45, 7) is 0. The Morgan fingerprint density at radius 2 is 1.75 bits per heavy atom. The van der Waals surface area contributed by atoms with Gasteiger partial charge >= 0.3 is 0 Å². The third-order valence-electron chi connectivity index (χ3n) is 6.08. The summed E-state index contributed by atoms with van der Waals surface area (Å²) in [7, 11) is 1.64. The number of nitrogens with one attached hydrogen (secondary N) is 2. The van der Waals surface area contributed by atoms with E-state index < -0.39 is 0 Å². The Bertz CT molecular complexity index is 1230. The van der Waals surface area contributed by atoms with Crippen LogP contribution in [0, 0.1) is 0 Å². The van der Waals surface area contributed by atoms with E-state index >= 15 is 0 Å². The van der Waals surface area contributed by atoms with Gasteiger partial charge in [0.1, 0.15) is 5.75 Å². The third-order valence-corrected chi connectivity index (χ3v) is 6.08. The molecule has 1 heterocycles. The monoisotopic (exact) mass is 424 g/mol. The van der Waals surface area contributed by atoms with E-state index in [-0.39, 0.29) is 17.6 Å². The van der Waals surface area contributed by atoms with Gasteiger partial charge in [-0.05, 0) is 48.7 Å². The lowest BCUT2D eigenvalue weighted by molar-refractivity contribution is -0.116. The lowest BCUT2D eigenvalue weighted by atomic mass is 9.86. The van der Waals surface area contributed by atoms with Gasteiger partial charge < -0.3 is 15.4 Å². The number of Topliss-reactive ketones (excluding diaryl/α,β-unsaturated/α-hetero) is 1. The number of ether oxygens (including phenoxy) is 1. The fourth-order valence-corrected chi connectivity index (χ4v) is 4.46. The molecule has 0 bridgehead atoms. The van der Waals surface area contributed by atoms with Crippen molar-refractivity contribution in [3.63, 3.8) is 0 Å². The summed E-state index contributed by atoms with van der Waals surface area (Å²) in [6, 6.07) is 22.4. The van der Waals surface area contributed by atoms with Crippen LogP contribution in [0.2, 0.25) is 0 Å². The average Bonchev–Trinajstić information content (AvgIpc) is 3.01. The molecule has 0 radical (unpaired) electrons. The molecule has 2 aliphatic rings. The van der Waals surface area contributed by atoms with Gasteiger partial charge in [-0.3, -0.25) is 9.59 Å². The molecule has 0 saturated carbocycles. The van der Waals surface area contributed by atoms with Crippen LogP contribution in [0.5, 0.6) is 5.75 Å². The van der Waals surface area contributed by atoms with Crippen molar-refractivity contribution in [2.75, 3.05) is 17.7 Å². The molecule has 0 saturated heterocycles. The van der Waals surface area contributed by atoms with E-state index in [0.29, 0.717) is 17.5 Å². The van der Waals surface area contributed by atoms with Crippen LogP contribution in [0.15, 0.2) is 84.1 Å². The highest BCUT2D eigenvalue weighted by atomic mass is 16.5. The van der Waals surface area contributed by atoms with Gasteiger partial charge in [0.15, 0.2) is 11.6 Å². The summed E-state index contributed by atoms with van der Waals surface area (Å²) < 4.78 is 5.41. The second kappa shape index (κ2) is 8.35. The van der Waals surface area contributed by atoms with Gasteiger partial charge in [0.2, 0.25) is 0 Å². The maximum atomic E-state index is 13.0. The molecule has 0 amide bonds. The molecule has 0 fully saturated rings. The largest absolute Gasteiger partial charge is 0.497 e. The van der Waals surface area contributed by atoms with Crippen LogP contribution in [0.1, 0.15) is 46.8 Å². The van der Waals surface area contributed by atoms with Crippen molar-refractivity contribution in [1.82, 2.24) is 0 Å². The molecule has 32 heavy (non-hydrogen) atoms. The van der Waals surface area contributed by atoms with Gasteiger partial charge in [0.25, 0.3) is 0 Å². The third kappa shape index (κ3) is 3.66. The Labute approximate surface area is 187 Å². The second-order valence-corrected chi connectivity index (χ2v) is 8.10. The first-order valence-corrected chi connectivity index (χ1v) is 10.8. The predicted molar refractivity (Wildman–Crippen MR) is 125 cm³/mol. The number of allylic oxidation sites excluding steroid dienone is 1. The average molecular weight is 425 g/mol. The van der Waals surface area contributed by atoms with E-state index in [2.05, 4.69) is 10.6 Å². The maximum Gasteiger partial charge on any atom is 0.193 e. The highest BCUT2D eigenvalue weighted by Crippen LogP contribution is 2.41. The number of hydrogen-bond acceptors (Lipinski definition) is 5. The smallest absolute Gasteiger partial charge is 0.193 e. The van der Waals surface area contributed by atoms with Gasteiger partial charge in [-0.1, -0.05) is 42.5 Å². The fourth-order valence-electron chi connectivity index (χ4n) is 4.46. The first kappa shape index (κ1) is 20.1. The number of methoxy groups -OCH3 is 1. The van der Waals surface area contributed by atoms with Crippen molar-refractivity contribution in [3.8, 4) is 5.75 Å². The Morgan fingerprint density at radius 1 is 0.906 bits per heavy atom. The van der Waals surface area contributed by atoms with E-state index in [4.69, 9.17) is 4.74 Å². The molecule has 0 aromatic heterocycles. The molecule has 3 aromatic carbocycles. The Hall–Kier alpha value is -3.86. The van der Waals surface area contributed by atoms with Crippen molar-refractivity contribution in [1.29, 1.82) is 0 Å². The van der Waals surface area contributed by atoms with Gasteiger partial charge in [-0.2, -0.15) is 0 Å². The van der Waals surface area contributed by atoms with Crippen LogP contribution in [-0.2, 0) is 4.79 Å². The number of ketones is 2. The number of hydrogen-bond donors (Lipinski definition) is 2. The summed E-state index contributed by atoms with van der Waals surface area (Å²) in [5.74, 6) is 0.862. The van der Waals surface area contributed by atoms with Gasteiger partial charge in [0, 0.05) is 28.8 Å². The summed E-state index contributed by atoms with van der Waals surface area (Å²) in [5.41, 5.74) is 5.56. The molecule has 1 unspecified atom stereocenters. The molecule has 1 atom stereocenters. The number of fused-ring (bicyclic) bond motifs is 1. The van der Waals surface area contributed by atoms with E-state index in [1.165, 1.54) is 0 Å². The molecule has 3 aromatic rings. The zero-order chi connectivity index (χ0) is 22.1. The van der Waals surface area contributed by atoms with E-state index in [0.717, 1.165) is 46.8 Å². The molecule has 1 aliphatic carbocycles. The lowest BCUT2D eigenvalue weighted by Gasteiger charge is -2.25. The standard InChI is InChI=1S/C27H24N2O3/c1-32-20-10-5-9-18(15-20)26-25-22(11-6-12-24(25)30)28-23-16-19(13-14-21(23)29-26)27(31)17-7-3-2-4-8-17/h2-5,7-10,13-16,26,28-29H,6,11-12H2,1H3. The topological polar surface area (TPSA) is 67.4 Å². The number of rotatable bonds is 4. The van der Waals surface area contributed by atoms with Crippen LogP contribution in [0.25, 0.3) is 0 Å². The molecule has 5 heteroatoms. The van der Waals surface area contributed by atoms with Crippen LogP contribution in [0.4, 0.5) is 11.4 Å². The number of carbonyl (C=O) groups is 2. The van der Waals surface area contributed by atoms with Crippen molar-refractivity contribution in [3.05, 3.63) is 101 Å². The lowest BCUT2D eigenvalue weighted by Crippen LogP contribution is -2.23. The molecule has 160 valence electrons. The number of anilines is 2. The van der Waals surface area contributed by atoms with Gasteiger partial charge in [-0.15, -0.1) is 0 Å². The molecule has 2 N–H and O–H groups in total. The molecule has 5 nitrogen and oxygen atoms in total. The van der Waals surface area contributed by atoms with Crippen molar-refractivity contribution >= 4 is 22.9 Å². The van der Waals surface area contributed by atoms with Gasteiger partial charge in [-0.25, -0.2) is 0 Å². The van der Waals surface area contributed by atoms with Gasteiger partial charge in [0.05, 0.1) is 24.5 Å². The van der Waals surface area contributed by atoms with Crippen molar-refractivity contribution in [2.45, 2.75) is 25.3 Å². The van der Waals surface area contributed by atoms with E-state index in [1.807, 2.05) is 72.8 Å². The van der Waals surface area contributed by atoms with Crippen molar-refractivity contribution in [2.24, 2.45) is 0 Å². The Balaban J connectivity index is 1.58. The van der Waals surface area contributed by atoms with Crippen LogP contribution < -0.4 is 15.4 Å². The van der Waals surface area contributed by atoms with Crippen LogP contribution in [0.3, 0.4) is 0 Å². The Morgan fingerprint density at radius 3 is 2.56 bits per heavy atom. The zero-order valence-corrected chi connectivity index (χ0v) is 17.9. The predicted octanol–water partition coefficient (Wildman–Crippen LogP) is 5.51. The molecule has 0 spiro atoms. The first-order valence-electron chi connectivity index (χ1n) is 10.8. The summed E-state index contributed by atoms with van der Waals surface area (Å²) in [5, 5.41) is 7.03. The number of benzene rings is 3. The zero-order valence-electron chi connectivity index (χ0n) is 17.9. The molecule has 5 rings (SSSR count). The van der Waals surface area contributed by atoms with Crippen LogP contribution in [-0.4, -0.2) is 18.7 Å². The second-order valence-electron chi connectivity index (χ2n) is 8.10. The molecule has 1 aliphatic heterocycles. The van der Waals surface area contributed by atoms with E-state index in [9.17, 15) is 9.59 Å². The molecular formula is C27H24N2O3. The number of carbonyl (C=O) groups excluding carboxylic acids is 2. The quantitative estimate of drug-likeness (QED) is 0.541. The fraction of sp³-hybridized carbons (Fsp3) is 0.185. The summed E-state index contributed by atoms with van der Waals surface area (Å²) in [6.07, 6.45) is 2.14. The SMILES string of the molecule is COc1cccc(C2Nc3ccc(C(=O)c4ccccc4)cc3NC3=C2C(=O)CCC3)c1. The minimum Gasteiger partial charge on any atom is -0.497 e. The minimum absolute atomic E-state index is 0.0299. The highest BCUT2D eigenvalue weighted by molar-refractivity contribution is 6.10. The molecular weight excluding hydrogens is 400 g/mol.